The third-order valence-electron chi connectivity index (χ3n) is 3.69. The topological polar surface area (TPSA) is 66.5 Å². The maximum Gasteiger partial charge on any atom is 0.119 e. The summed E-state index contributed by atoms with van der Waals surface area (Å²) in [7, 11) is 0. The van der Waals surface area contributed by atoms with E-state index in [-0.39, 0.29) is 22.5 Å². The number of phenolic OH excluding ortho intramolecular Hbond substituents is 2. The van der Waals surface area contributed by atoms with E-state index in [2.05, 4.69) is 0 Å². The predicted molar refractivity (Wildman–Crippen MR) is 59.0 cm³/mol. The first-order chi connectivity index (χ1) is 6.87. The van der Waals surface area contributed by atoms with Gasteiger partial charge >= 0.3 is 0 Å². The maximum atomic E-state index is 9.80. The van der Waals surface area contributed by atoms with Crippen molar-refractivity contribution >= 4 is 0 Å². The van der Waals surface area contributed by atoms with Crippen LogP contribution in [-0.2, 0) is 5.41 Å². The van der Waals surface area contributed by atoms with Gasteiger partial charge in [0, 0.05) is 16.5 Å². The monoisotopic (exact) mass is 207 g/mol. The molecule has 1 aromatic rings. The molecule has 0 saturated heterocycles. The largest absolute Gasteiger partial charge is 0.508 e. The van der Waals surface area contributed by atoms with E-state index in [1.54, 1.807) is 6.07 Å². The van der Waals surface area contributed by atoms with Crippen LogP contribution in [-0.4, -0.2) is 15.8 Å². The molecule has 1 saturated carbocycles. The second-order valence-corrected chi connectivity index (χ2v) is 4.98. The molecule has 0 amide bonds. The molecule has 0 heterocycles. The Balaban J connectivity index is 2.48. The molecule has 0 spiro atoms. The molecule has 1 aromatic carbocycles. The van der Waals surface area contributed by atoms with Crippen LogP contribution in [0.3, 0.4) is 0 Å². The molecule has 0 bridgehead atoms. The maximum absolute atomic E-state index is 9.80. The number of rotatable bonds is 2. The Labute approximate surface area is 89.5 Å². The molecular formula is C12H17NO2. The van der Waals surface area contributed by atoms with Gasteiger partial charge in [-0.15, -0.1) is 0 Å². The van der Waals surface area contributed by atoms with Crippen molar-refractivity contribution in [3.05, 3.63) is 23.8 Å². The van der Waals surface area contributed by atoms with E-state index in [1.807, 2.05) is 13.8 Å². The fraction of sp³-hybridized carbons (Fsp3) is 0.500. The van der Waals surface area contributed by atoms with Crippen LogP contribution >= 0.6 is 0 Å². The highest BCUT2D eigenvalue weighted by Crippen LogP contribution is 2.51. The van der Waals surface area contributed by atoms with Crippen molar-refractivity contribution in [1.82, 2.24) is 0 Å². The van der Waals surface area contributed by atoms with Crippen molar-refractivity contribution in [3.8, 4) is 11.5 Å². The van der Waals surface area contributed by atoms with Gasteiger partial charge in [0.1, 0.15) is 11.5 Å². The predicted octanol–water partition coefficient (Wildman–Crippen LogP) is 1.87. The molecule has 0 aromatic heterocycles. The number of benzene rings is 1. The minimum absolute atomic E-state index is 0.167. The smallest absolute Gasteiger partial charge is 0.119 e. The van der Waals surface area contributed by atoms with E-state index in [1.165, 1.54) is 12.1 Å². The highest BCUT2D eigenvalue weighted by Gasteiger charge is 2.52. The first-order valence-corrected chi connectivity index (χ1v) is 5.18. The van der Waals surface area contributed by atoms with Crippen molar-refractivity contribution in [3.63, 3.8) is 0 Å². The zero-order valence-electron chi connectivity index (χ0n) is 9.12. The van der Waals surface area contributed by atoms with Gasteiger partial charge in [0.25, 0.3) is 0 Å². The Morgan fingerprint density at radius 2 is 1.87 bits per heavy atom. The number of phenols is 2. The standard InChI is InChI=1S/C12H17NO2/c1-11(2,12(13)5-6-12)9-7-8(14)3-4-10(9)15/h3-4,7,14-15H,5-6,13H2,1-2H3. The zero-order valence-corrected chi connectivity index (χ0v) is 9.12. The van der Waals surface area contributed by atoms with E-state index in [9.17, 15) is 10.2 Å². The normalized spacial score (nSPS) is 18.9. The lowest BCUT2D eigenvalue weighted by molar-refractivity contribution is 0.363. The number of nitrogens with two attached hydrogens (primary N) is 1. The molecule has 2 rings (SSSR count). The van der Waals surface area contributed by atoms with Crippen molar-refractivity contribution in [2.75, 3.05) is 0 Å². The summed E-state index contributed by atoms with van der Waals surface area (Å²) >= 11 is 0. The van der Waals surface area contributed by atoms with Crippen LogP contribution < -0.4 is 5.73 Å². The lowest BCUT2D eigenvalue weighted by atomic mass is 9.75. The Kier molecular flexibility index (Phi) is 1.98. The van der Waals surface area contributed by atoms with Crippen LogP contribution in [0.4, 0.5) is 0 Å². The van der Waals surface area contributed by atoms with Gasteiger partial charge in [0.05, 0.1) is 0 Å². The molecule has 1 aliphatic rings. The SMILES string of the molecule is CC(C)(c1cc(O)ccc1O)C1(N)CC1. The molecule has 82 valence electrons. The highest BCUT2D eigenvalue weighted by atomic mass is 16.3. The lowest BCUT2D eigenvalue weighted by Crippen LogP contribution is -2.43. The summed E-state index contributed by atoms with van der Waals surface area (Å²) in [4.78, 5) is 0. The van der Waals surface area contributed by atoms with Crippen molar-refractivity contribution in [1.29, 1.82) is 0 Å². The van der Waals surface area contributed by atoms with Crippen LogP contribution in [0.25, 0.3) is 0 Å². The minimum atomic E-state index is -0.310. The van der Waals surface area contributed by atoms with Gasteiger partial charge in [0.2, 0.25) is 0 Å². The van der Waals surface area contributed by atoms with Gasteiger partial charge in [-0.05, 0) is 31.0 Å². The van der Waals surface area contributed by atoms with Crippen LogP contribution in [0.2, 0.25) is 0 Å². The van der Waals surface area contributed by atoms with Gasteiger partial charge in [0.15, 0.2) is 0 Å². The van der Waals surface area contributed by atoms with Crippen molar-refractivity contribution < 1.29 is 10.2 Å². The zero-order chi connectivity index (χ0) is 11.3. The summed E-state index contributed by atoms with van der Waals surface area (Å²) in [5.74, 6) is 0.370. The van der Waals surface area contributed by atoms with E-state index in [0.29, 0.717) is 0 Å². The van der Waals surface area contributed by atoms with Crippen LogP contribution in [0, 0.1) is 0 Å². The quantitative estimate of drug-likeness (QED) is 0.648. The molecule has 0 aliphatic heterocycles. The summed E-state index contributed by atoms with van der Waals surface area (Å²) in [6, 6.07) is 4.59. The Hall–Kier alpha value is -1.22. The highest BCUT2D eigenvalue weighted by molar-refractivity contribution is 5.46. The fourth-order valence-electron chi connectivity index (χ4n) is 2.05. The molecule has 3 nitrogen and oxygen atoms in total. The average molecular weight is 207 g/mol. The molecule has 1 fully saturated rings. The fourth-order valence-corrected chi connectivity index (χ4v) is 2.05. The Bertz CT molecular complexity index is 395. The third kappa shape index (κ3) is 1.47. The molecule has 0 unspecified atom stereocenters. The summed E-state index contributed by atoms with van der Waals surface area (Å²) in [6.07, 6.45) is 1.93. The van der Waals surface area contributed by atoms with Gasteiger partial charge in [-0.25, -0.2) is 0 Å². The van der Waals surface area contributed by atoms with E-state index >= 15 is 0 Å². The van der Waals surface area contributed by atoms with E-state index in [4.69, 9.17) is 5.73 Å². The van der Waals surface area contributed by atoms with Crippen LogP contribution in [0.15, 0.2) is 18.2 Å². The second-order valence-electron chi connectivity index (χ2n) is 4.98. The summed E-state index contributed by atoms with van der Waals surface area (Å²) < 4.78 is 0. The van der Waals surface area contributed by atoms with Crippen LogP contribution in [0.5, 0.6) is 11.5 Å². The average Bonchev–Trinajstić information content (AvgIpc) is 2.89. The van der Waals surface area contributed by atoms with Crippen molar-refractivity contribution in [2.24, 2.45) is 5.73 Å². The third-order valence-corrected chi connectivity index (χ3v) is 3.69. The minimum Gasteiger partial charge on any atom is -0.508 e. The Morgan fingerprint density at radius 1 is 1.27 bits per heavy atom. The Morgan fingerprint density at radius 3 is 2.40 bits per heavy atom. The molecule has 0 radical (unpaired) electrons. The summed E-state index contributed by atoms with van der Waals surface area (Å²) in [5.41, 5.74) is 6.36. The van der Waals surface area contributed by atoms with E-state index < -0.39 is 0 Å². The molecular weight excluding hydrogens is 190 g/mol. The summed E-state index contributed by atoms with van der Waals surface area (Å²) in [6.45, 7) is 4.02. The van der Waals surface area contributed by atoms with Gasteiger partial charge in [-0.3, -0.25) is 0 Å². The number of hydrogen-bond acceptors (Lipinski definition) is 3. The number of hydrogen-bond donors (Lipinski definition) is 3. The van der Waals surface area contributed by atoms with E-state index in [0.717, 1.165) is 18.4 Å². The molecule has 4 N–H and O–H groups in total. The van der Waals surface area contributed by atoms with Crippen molar-refractivity contribution in [2.45, 2.75) is 37.6 Å². The molecule has 15 heavy (non-hydrogen) atoms. The summed E-state index contributed by atoms with van der Waals surface area (Å²) in [5, 5.41) is 19.2. The van der Waals surface area contributed by atoms with Gasteiger partial charge in [-0.1, -0.05) is 13.8 Å². The first kappa shape index (κ1) is 10.3. The van der Waals surface area contributed by atoms with Gasteiger partial charge < -0.3 is 15.9 Å². The lowest BCUT2D eigenvalue weighted by Gasteiger charge is -2.33. The molecule has 1 aliphatic carbocycles. The molecule has 3 heteroatoms. The number of aromatic hydroxyl groups is 2. The van der Waals surface area contributed by atoms with Gasteiger partial charge in [-0.2, -0.15) is 0 Å². The second kappa shape index (κ2) is 2.89. The molecule has 0 atom stereocenters. The first-order valence-electron chi connectivity index (χ1n) is 5.18. The van der Waals surface area contributed by atoms with Crippen LogP contribution in [0.1, 0.15) is 32.3 Å².